The van der Waals surface area contributed by atoms with Crippen LogP contribution in [0.5, 0.6) is 0 Å². The monoisotopic (exact) mass is 232 g/mol. The summed E-state index contributed by atoms with van der Waals surface area (Å²) in [6, 6.07) is 6.20. The molecule has 17 heavy (non-hydrogen) atoms. The van der Waals surface area contributed by atoms with E-state index in [9.17, 15) is 4.79 Å². The zero-order valence-electron chi connectivity index (χ0n) is 10.5. The SMILES string of the molecule is Cc1ccc(NC(=O)C2CCC(N)C2)cc1C. The predicted octanol–water partition coefficient (Wildman–Crippen LogP) is 2.37. The number of hydrogen-bond acceptors (Lipinski definition) is 2. The van der Waals surface area contributed by atoms with E-state index in [4.69, 9.17) is 5.73 Å². The zero-order chi connectivity index (χ0) is 12.4. The van der Waals surface area contributed by atoms with Gasteiger partial charge in [0.1, 0.15) is 0 Å². The normalized spacial score (nSPS) is 23.7. The molecule has 0 aromatic heterocycles. The molecule has 1 saturated carbocycles. The second-order valence-corrected chi connectivity index (χ2v) is 5.06. The molecule has 0 radical (unpaired) electrons. The van der Waals surface area contributed by atoms with Gasteiger partial charge in [-0.1, -0.05) is 6.07 Å². The molecule has 0 heterocycles. The molecular weight excluding hydrogens is 212 g/mol. The predicted molar refractivity (Wildman–Crippen MR) is 69.9 cm³/mol. The number of nitrogens with one attached hydrogen (secondary N) is 1. The van der Waals surface area contributed by atoms with Crippen LogP contribution < -0.4 is 11.1 Å². The molecule has 0 bridgehead atoms. The molecule has 3 heteroatoms. The minimum absolute atomic E-state index is 0.0895. The van der Waals surface area contributed by atoms with Gasteiger partial charge in [0.25, 0.3) is 0 Å². The van der Waals surface area contributed by atoms with E-state index < -0.39 is 0 Å². The van der Waals surface area contributed by atoms with Crippen LogP contribution in [0.1, 0.15) is 30.4 Å². The highest BCUT2D eigenvalue weighted by Gasteiger charge is 2.27. The molecule has 1 aliphatic carbocycles. The van der Waals surface area contributed by atoms with Crippen LogP contribution in [-0.4, -0.2) is 11.9 Å². The Morgan fingerprint density at radius 2 is 2.06 bits per heavy atom. The molecule has 1 aromatic rings. The van der Waals surface area contributed by atoms with Gasteiger partial charge in [-0.05, 0) is 56.4 Å². The van der Waals surface area contributed by atoms with Crippen LogP contribution in [0, 0.1) is 19.8 Å². The highest BCUT2D eigenvalue weighted by Crippen LogP contribution is 2.25. The summed E-state index contributed by atoms with van der Waals surface area (Å²) in [7, 11) is 0. The van der Waals surface area contributed by atoms with Gasteiger partial charge in [-0.3, -0.25) is 4.79 Å². The molecule has 2 rings (SSSR count). The molecule has 0 spiro atoms. The van der Waals surface area contributed by atoms with Crippen molar-refractivity contribution >= 4 is 11.6 Å². The van der Waals surface area contributed by atoms with Crippen molar-refractivity contribution in [2.24, 2.45) is 11.7 Å². The standard InChI is InChI=1S/C14H20N2O/c1-9-3-6-13(7-10(9)2)16-14(17)11-4-5-12(15)8-11/h3,6-7,11-12H,4-5,8,15H2,1-2H3,(H,16,17). The molecule has 92 valence electrons. The fourth-order valence-corrected chi connectivity index (χ4v) is 2.32. The summed E-state index contributed by atoms with van der Waals surface area (Å²) < 4.78 is 0. The Morgan fingerprint density at radius 1 is 1.29 bits per heavy atom. The van der Waals surface area contributed by atoms with Crippen molar-refractivity contribution in [3.63, 3.8) is 0 Å². The van der Waals surface area contributed by atoms with E-state index >= 15 is 0 Å². The van der Waals surface area contributed by atoms with Crippen molar-refractivity contribution in [3.8, 4) is 0 Å². The molecule has 1 fully saturated rings. The van der Waals surface area contributed by atoms with Gasteiger partial charge in [0.2, 0.25) is 5.91 Å². The summed E-state index contributed by atoms with van der Waals surface area (Å²) in [6.45, 7) is 4.12. The van der Waals surface area contributed by atoms with E-state index in [1.165, 1.54) is 11.1 Å². The Bertz CT molecular complexity index is 428. The Hall–Kier alpha value is -1.35. The smallest absolute Gasteiger partial charge is 0.227 e. The highest BCUT2D eigenvalue weighted by atomic mass is 16.1. The zero-order valence-corrected chi connectivity index (χ0v) is 10.5. The van der Waals surface area contributed by atoms with E-state index in [1.807, 2.05) is 18.2 Å². The maximum absolute atomic E-state index is 12.0. The molecule has 2 unspecified atom stereocenters. The Kier molecular flexibility index (Phi) is 3.48. The summed E-state index contributed by atoms with van der Waals surface area (Å²) in [5.41, 5.74) is 9.15. The third kappa shape index (κ3) is 2.86. The minimum atomic E-state index is 0.0895. The van der Waals surface area contributed by atoms with E-state index in [-0.39, 0.29) is 17.9 Å². The Morgan fingerprint density at radius 3 is 2.65 bits per heavy atom. The first-order valence-electron chi connectivity index (χ1n) is 6.20. The maximum atomic E-state index is 12.0. The lowest BCUT2D eigenvalue weighted by atomic mass is 10.1. The van der Waals surface area contributed by atoms with Gasteiger partial charge in [-0.15, -0.1) is 0 Å². The van der Waals surface area contributed by atoms with Gasteiger partial charge in [-0.2, -0.15) is 0 Å². The molecule has 1 aliphatic rings. The number of benzene rings is 1. The number of amides is 1. The number of hydrogen-bond donors (Lipinski definition) is 2. The van der Waals surface area contributed by atoms with Crippen LogP contribution in [0.4, 0.5) is 5.69 Å². The largest absolute Gasteiger partial charge is 0.328 e. The van der Waals surface area contributed by atoms with Crippen molar-refractivity contribution in [1.82, 2.24) is 0 Å². The van der Waals surface area contributed by atoms with Crippen LogP contribution in [0.25, 0.3) is 0 Å². The summed E-state index contributed by atoms with van der Waals surface area (Å²) in [6.07, 6.45) is 2.69. The van der Waals surface area contributed by atoms with Crippen molar-refractivity contribution in [1.29, 1.82) is 0 Å². The lowest BCUT2D eigenvalue weighted by Crippen LogP contribution is -2.23. The van der Waals surface area contributed by atoms with Crippen molar-refractivity contribution in [3.05, 3.63) is 29.3 Å². The molecular formula is C14H20N2O. The number of rotatable bonds is 2. The fraction of sp³-hybridized carbons (Fsp3) is 0.500. The molecule has 0 saturated heterocycles. The first-order chi connectivity index (χ1) is 8.06. The van der Waals surface area contributed by atoms with Crippen molar-refractivity contribution in [2.75, 3.05) is 5.32 Å². The fourth-order valence-electron chi connectivity index (χ4n) is 2.32. The summed E-state index contributed by atoms with van der Waals surface area (Å²) in [5, 5.41) is 2.98. The molecule has 3 N–H and O–H groups in total. The van der Waals surface area contributed by atoms with Gasteiger partial charge in [0, 0.05) is 17.6 Å². The summed E-state index contributed by atoms with van der Waals surface area (Å²) in [5.74, 6) is 0.202. The number of aryl methyl sites for hydroxylation is 2. The minimum Gasteiger partial charge on any atom is -0.328 e. The molecule has 2 atom stereocenters. The van der Waals surface area contributed by atoms with Crippen LogP contribution in [0.2, 0.25) is 0 Å². The summed E-state index contributed by atoms with van der Waals surface area (Å²) >= 11 is 0. The van der Waals surface area contributed by atoms with E-state index in [2.05, 4.69) is 19.2 Å². The van der Waals surface area contributed by atoms with Crippen LogP contribution in [-0.2, 0) is 4.79 Å². The summed E-state index contributed by atoms with van der Waals surface area (Å²) in [4.78, 5) is 12.0. The van der Waals surface area contributed by atoms with E-state index in [0.29, 0.717) is 0 Å². The third-order valence-electron chi connectivity index (χ3n) is 3.62. The van der Waals surface area contributed by atoms with Gasteiger partial charge < -0.3 is 11.1 Å². The van der Waals surface area contributed by atoms with Gasteiger partial charge >= 0.3 is 0 Å². The Balaban J connectivity index is 2.00. The highest BCUT2D eigenvalue weighted by molar-refractivity contribution is 5.92. The average Bonchev–Trinajstić information content (AvgIpc) is 2.70. The quantitative estimate of drug-likeness (QED) is 0.822. The number of nitrogens with two attached hydrogens (primary N) is 1. The molecule has 0 aliphatic heterocycles. The van der Waals surface area contributed by atoms with Gasteiger partial charge in [0.05, 0.1) is 0 Å². The Labute approximate surface area is 102 Å². The van der Waals surface area contributed by atoms with Crippen molar-refractivity contribution < 1.29 is 4.79 Å². The lowest BCUT2D eigenvalue weighted by molar-refractivity contribution is -0.119. The van der Waals surface area contributed by atoms with E-state index in [0.717, 1.165) is 24.9 Å². The van der Waals surface area contributed by atoms with Crippen LogP contribution in [0.15, 0.2) is 18.2 Å². The molecule has 1 aromatic carbocycles. The lowest BCUT2D eigenvalue weighted by Gasteiger charge is -2.12. The number of anilines is 1. The molecule has 1 amide bonds. The van der Waals surface area contributed by atoms with Gasteiger partial charge in [0.15, 0.2) is 0 Å². The van der Waals surface area contributed by atoms with Gasteiger partial charge in [-0.25, -0.2) is 0 Å². The second kappa shape index (κ2) is 4.88. The average molecular weight is 232 g/mol. The van der Waals surface area contributed by atoms with Crippen LogP contribution in [0.3, 0.4) is 0 Å². The number of carbonyl (C=O) groups is 1. The molecule has 3 nitrogen and oxygen atoms in total. The first kappa shape index (κ1) is 12.1. The second-order valence-electron chi connectivity index (χ2n) is 5.06. The topological polar surface area (TPSA) is 55.1 Å². The van der Waals surface area contributed by atoms with Crippen molar-refractivity contribution in [2.45, 2.75) is 39.2 Å². The maximum Gasteiger partial charge on any atom is 0.227 e. The number of carbonyl (C=O) groups excluding carboxylic acids is 1. The third-order valence-corrected chi connectivity index (χ3v) is 3.62. The van der Waals surface area contributed by atoms with E-state index in [1.54, 1.807) is 0 Å². The first-order valence-corrected chi connectivity index (χ1v) is 6.20. The van der Waals surface area contributed by atoms with Crippen LogP contribution >= 0.6 is 0 Å².